The first-order chi connectivity index (χ1) is 11.5. The highest BCUT2D eigenvalue weighted by molar-refractivity contribution is 14.0. The number of hydrogen-bond donors (Lipinski definition) is 2. The Bertz CT molecular complexity index is 630. The second kappa shape index (κ2) is 10.7. The molecule has 2 heterocycles. The van der Waals surface area contributed by atoms with E-state index in [1.54, 1.807) is 17.5 Å². The van der Waals surface area contributed by atoms with Crippen LogP contribution in [-0.4, -0.2) is 33.8 Å². The second-order valence-corrected chi connectivity index (χ2v) is 7.50. The van der Waals surface area contributed by atoms with Crippen molar-refractivity contribution in [1.82, 2.24) is 25.4 Å². The van der Waals surface area contributed by atoms with Crippen molar-refractivity contribution in [3.05, 3.63) is 34.5 Å². The van der Waals surface area contributed by atoms with Crippen LogP contribution < -0.4 is 10.6 Å². The molecule has 0 saturated heterocycles. The lowest BCUT2D eigenvalue weighted by atomic mass is 9.98. The van der Waals surface area contributed by atoms with Gasteiger partial charge < -0.3 is 10.6 Å². The normalized spacial score (nSPS) is 11.9. The number of hydrogen-bond acceptors (Lipinski definition) is 4. The molecule has 0 saturated carbocycles. The fraction of sp³-hybridized carbons (Fsp3) is 0.588. The van der Waals surface area contributed by atoms with Gasteiger partial charge >= 0.3 is 0 Å². The number of aryl methyl sites for hydroxylation is 1. The largest absolute Gasteiger partial charge is 0.357 e. The van der Waals surface area contributed by atoms with Crippen molar-refractivity contribution in [3.8, 4) is 0 Å². The number of aliphatic imine (C=N–C) groups is 1. The summed E-state index contributed by atoms with van der Waals surface area (Å²) in [5.74, 6) is 0.836. The highest BCUT2D eigenvalue weighted by Gasteiger charge is 2.17. The van der Waals surface area contributed by atoms with Gasteiger partial charge in [0.25, 0.3) is 0 Å². The first-order valence-corrected chi connectivity index (χ1v) is 9.31. The number of aromatic nitrogens is 3. The highest BCUT2D eigenvalue weighted by Crippen LogP contribution is 2.25. The van der Waals surface area contributed by atoms with E-state index in [1.165, 1.54) is 0 Å². The summed E-state index contributed by atoms with van der Waals surface area (Å²) in [6.45, 7) is 11.8. The molecule has 0 aliphatic heterocycles. The topological polar surface area (TPSA) is 67.1 Å². The molecule has 0 aliphatic rings. The monoisotopic (exact) mass is 476 g/mol. The molecule has 2 rings (SSSR count). The smallest absolute Gasteiger partial charge is 0.191 e. The van der Waals surface area contributed by atoms with Crippen LogP contribution in [-0.2, 0) is 18.5 Å². The van der Waals surface area contributed by atoms with E-state index in [4.69, 9.17) is 0 Å². The van der Waals surface area contributed by atoms with Gasteiger partial charge in [-0.1, -0.05) is 20.8 Å². The summed E-state index contributed by atoms with van der Waals surface area (Å²) in [7, 11) is 0. The molecule has 0 atom stereocenters. The number of nitrogens with one attached hydrogen (secondary N) is 2. The van der Waals surface area contributed by atoms with E-state index >= 15 is 0 Å². The molecule has 0 radical (unpaired) electrons. The van der Waals surface area contributed by atoms with Gasteiger partial charge in [0.2, 0.25) is 0 Å². The molecule has 0 spiro atoms. The van der Waals surface area contributed by atoms with E-state index in [2.05, 4.69) is 58.8 Å². The van der Waals surface area contributed by atoms with Gasteiger partial charge in [0.15, 0.2) is 5.96 Å². The van der Waals surface area contributed by atoms with Crippen LogP contribution in [0.3, 0.4) is 0 Å². The Morgan fingerprint density at radius 2 is 2.12 bits per heavy atom. The Morgan fingerprint density at radius 3 is 2.72 bits per heavy atom. The summed E-state index contributed by atoms with van der Waals surface area (Å²) >= 11 is 1.71. The van der Waals surface area contributed by atoms with Crippen molar-refractivity contribution in [3.63, 3.8) is 0 Å². The van der Waals surface area contributed by atoms with Crippen LogP contribution in [0.4, 0.5) is 0 Å². The van der Waals surface area contributed by atoms with E-state index in [0.29, 0.717) is 6.54 Å². The molecule has 6 nitrogen and oxygen atoms in total. The summed E-state index contributed by atoms with van der Waals surface area (Å²) in [5, 5.41) is 14.1. The minimum absolute atomic E-state index is 0. The van der Waals surface area contributed by atoms with Gasteiger partial charge in [-0.05, 0) is 19.4 Å². The van der Waals surface area contributed by atoms with E-state index in [1.807, 2.05) is 16.9 Å². The fourth-order valence-electron chi connectivity index (χ4n) is 2.11. The first kappa shape index (κ1) is 21.9. The summed E-state index contributed by atoms with van der Waals surface area (Å²) in [6.07, 6.45) is 4.78. The second-order valence-electron chi connectivity index (χ2n) is 6.64. The summed E-state index contributed by atoms with van der Waals surface area (Å²) in [5.41, 5.74) is 1.13. The molecule has 0 unspecified atom stereocenters. The third kappa shape index (κ3) is 7.72. The lowest BCUT2D eigenvalue weighted by Gasteiger charge is -2.13. The Morgan fingerprint density at radius 1 is 1.32 bits per heavy atom. The molecule has 8 heteroatoms. The predicted octanol–water partition coefficient (Wildman–Crippen LogP) is 3.40. The third-order valence-corrected chi connectivity index (χ3v) is 4.67. The highest BCUT2D eigenvalue weighted by atomic mass is 127. The van der Waals surface area contributed by atoms with Crippen LogP contribution in [0.15, 0.2) is 28.8 Å². The van der Waals surface area contributed by atoms with Gasteiger partial charge in [-0.3, -0.25) is 4.68 Å². The maximum atomic E-state index is 4.69. The van der Waals surface area contributed by atoms with Gasteiger partial charge in [-0.25, -0.2) is 9.98 Å². The molecular formula is C17H29IN6S. The zero-order chi connectivity index (χ0) is 17.4. The summed E-state index contributed by atoms with van der Waals surface area (Å²) in [6, 6.07) is 1.94. The van der Waals surface area contributed by atoms with Crippen LogP contribution in [0.1, 0.15) is 44.8 Å². The fourth-order valence-corrected chi connectivity index (χ4v) is 3.00. The lowest BCUT2D eigenvalue weighted by Crippen LogP contribution is -2.38. The molecule has 0 fully saturated rings. The van der Waals surface area contributed by atoms with Crippen LogP contribution >= 0.6 is 35.3 Å². The van der Waals surface area contributed by atoms with Gasteiger partial charge in [0.1, 0.15) is 0 Å². The molecule has 0 bridgehead atoms. The zero-order valence-corrected chi connectivity index (χ0v) is 18.6. The van der Waals surface area contributed by atoms with Gasteiger partial charge in [0, 0.05) is 42.8 Å². The molecule has 2 N–H and O–H groups in total. The lowest BCUT2D eigenvalue weighted by molar-refractivity contribution is 0.570. The molecule has 0 aliphatic carbocycles. The van der Waals surface area contributed by atoms with Crippen molar-refractivity contribution in [2.45, 2.75) is 52.6 Å². The van der Waals surface area contributed by atoms with Crippen LogP contribution in [0, 0.1) is 0 Å². The standard InChI is InChI=1S/C17H28N6S.HI/c1-5-18-16(19-8-6-10-23-11-7-9-21-23)20-12-14-13-24-15(22-14)17(2,3)4;/h7,9,11,13H,5-6,8,10,12H2,1-4H3,(H2,18,19,20);1H. The number of guanidine groups is 1. The summed E-state index contributed by atoms with van der Waals surface area (Å²) in [4.78, 5) is 9.32. The average Bonchev–Trinajstić information content (AvgIpc) is 3.19. The SMILES string of the molecule is CCNC(=NCc1csc(C(C)(C)C)n1)NCCCn1cccn1.I. The van der Waals surface area contributed by atoms with Gasteiger partial charge in [-0.2, -0.15) is 5.10 Å². The van der Waals surface area contributed by atoms with E-state index < -0.39 is 0 Å². The van der Waals surface area contributed by atoms with Gasteiger partial charge in [0.05, 0.1) is 17.2 Å². The molecule has 140 valence electrons. The maximum absolute atomic E-state index is 4.69. The third-order valence-electron chi connectivity index (χ3n) is 3.35. The number of nitrogens with zero attached hydrogens (tertiary/aromatic N) is 4. The van der Waals surface area contributed by atoms with Crippen LogP contribution in [0.5, 0.6) is 0 Å². The molecule has 2 aromatic rings. The quantitative estimate of drug-likeness (QED) is 0.278. The minimum Gasteiger partial charge on any atom is -0.357 e. The van der Waals surface area contributed by atoms with Crippen molar-refractivity contribution in [2.24, 2.45) is 4.99 Å². The van der Waals surface area contributed by atoms with E-state index in [0.717, 1.165) is 42.7 Å². The first-order valence-electron chi connectivity index (χ1n) is 8.43. The number of halogens is 1. The van der Waals surface area contributed by atoms with Crippen molar-refractivity contribution >= 4 is 41.3 Å². The maximum Gasteiger partial charge on any atom is 0.191 e. The molecule has 0 aromatic carbocycles. The summed E-state index contributed by atoms with van der Waals surface area (Å²) < 4.78 is 1.94. The predicted molar refractivity (Wildman–Crippen MR) is 116 cm³/mol. The Labute approximate surface area is 171 Å². The van der Waals surface area contributed by atoms with Crippen LogP contribution in [0.2, 0.25) is 0 Å². The van der Waals surface area contributed by atoms with E-state index in [-0.39, 0.29) is 29.4 Å². The van der Waals surface area contributed by atoms with Crippen molar-refractivity contribution in [1.29, 1.82) is 0 Å². The van der Waals surface area contributed by atoms with Crippen molar-refractivity contribution in [2.75, 3.05) is 13.1 Å². The molecular weight excluding hydrogens is 447 g/mol. The van der Waals surface area contributed by atoms with Gasteiger partial charge in [-0.15, -0.1) is 35.3 Å². The minimum atomic E-state index is 0. The number of thiazole rings is 1. The molecule has 25 heavy (non-hydrogen) atoms. The average molecular weight is 476 g/mol. The zero-order valence-electron chi connectivity index (χ0n) is 15.5. The van der Waals surface area contributed by atoms with Crippen molar-refractivity contribution < 1.29 is 0 Å². The molecule has 2 aromatic heterocycles. The van der Waals surface area contributed by atoms with E-state index in [9.17, 15) is 0 Å². The number of rotatable bonds is 7. The Kier molecular flexibility index (Phi) is 9.41. The Balaban J connectivity index is 0.00000312. The Hall–Kier alpha value is -1.16. The van der Waals surface area contributed by atoms with Crippen LogP contribution in [0.25, 0.3) is 0 Å². The molecule has 0 amide bonds.